The van der Waals surface area contributed by atoms with Gasteiger partial charge in [0.05, 0.1) is 5.60 Å². The first-order valence-electron chi connectivity index (χ1n) is 7.62. The van der Waals surface area contributed by atoms with Crippen molar-refractivity contribution in [3.63, 3.8) is 0 Å². The first-order valence-corrected chi connectivity index (χ1v) is 7.62. The van der Waals surface area contributed by atoms with Crippen LogP contribution in [0.4, 0.5) is 5.82 Å². The van der Waals surface area contributed by atoms with Crippen LogP contribution in [0.25, 0.3) is 0 Å². The van der Waals surface area contributed by atoms with Crippen LogP contribution >= 0.6 is 0 Å². The van der Waals surface area contributed by atoms with Crippen molar-refractivity contribution in [3.05, 3.63) is 54.0 Å². The van der Waals surface area contributed by atoms with Gasteiger partial charge in [-0.25, -0.2) is 9.97 Å². The van der Waals surface area contributed by atoms with E-state index in [1.165, 1.54) is 0 Å². The highest BCUT2D eigenvalue weighted by atomic mass is 16.3. The van der Waals surface area contributed by atoms with Gasteiger partial charge in [0.25, 0.3) is 0 Å². The third-order valence-corrected chi connectivity index (χ3v) is 4.26. The van der Waals surface area contributed by atoms with E-state index in [4.69, 9.17) is 0 Å². The SMILES string of the molecule is CC(O)c1nccc(N2CCC(O)(c3ccccc3)CC2)n1. The Morgan fingerprint density at radius 1 is 1.14 bits per heavy atom. The van der Waals surface area contributed by atoms with Gasteiger partial charge in [0.2, 0.25) is 0 Å². The predicted molar refractivity (Wildman–Crippen MR) is 84.5 cm³/mol. The summed E-state index contributed by atoms with van der Waals surface area (Å²) in [6.45, 7) is 3.10. The molecule has 1 atom stereocenters. The Labute approximate surface area is 130 Å². The molecular weight excluding hydrogens is 278 g/mol. The van der Waals surface area contributed by atoms with Crippen LogP contribution in [-0.2, 0) is 5.60 Å². The van der Waals surface area contributed by atoms with Crippen molar-refractivity contribution in [3.8, 4) is 0 Å². The number of rotatable bonds is 3. The first-order chi connectivity index (χ1) is 10.6. The van der Waals surface area contributed by atoms with E-state index in [1.54, 1.807) is 13.1 Å². The van der Waals surface area contributed by atoms with Gasteiger partial charge >= 0.3 is 0 Å². The highest BCUT2D eigenvalue weighted by molar-refractivity contribution is 5.39. The lowest BCUT2D eigenvalue weighted by Crippen LogP contribution is -2.43. The Bertz CT molecular complexity index is 623. The monoisotopic (exact) mass is 299 g/mol. The molecule has 1 unspecified atom stereocenters. The molecule has 2 N–H and O–H groups in total. The molecule has 1 aromatic carbocycles. The summed E-state index contributed by atoms with van der Waals surface area (Å²) in [5, 5.41) is 20.4. The Balaban J connectivity index is 1.73. The molecule has 1 aromatic heterocycles. The number of benzene rings is 1. The lowest BCUT2D eigenvalue weighted by atomic mass is 9.84. The molecule has 1 fully saturated rings. The normalized spacial score (nSPS) is 19.0. The standard InChI is InChI=1S/C17H21N3O2/c1-13(21)16-18-10-7-15(19-16)20-11-8-17(22,9-12-20)14-5-3-2-4-6-14/h2-7,10,13,21-22H,8-9,11-12H2,1H3. The van der Waals surface area contributed by atoms with E-state index in [9.17, 15) is 10.2 Å². The molecule has 0 spiro atoms. The molecule has 5 nitrogen and oxygen atoms in total. The Morgan fingerprint density at radius 2 is 1.82 bits per heavy atom. The zero-order valence-electron chi connectivity index (χ0n) is 12.7. The second-order valence-corrected chi connectivity index (χ2v) is 5.83. The number of aliphatic hydroxyl groups excluding tert-OH is 1. The number of aromatic nitrogens is 2. The number of nitrogens with zero attached hydrogens (tertiary/aromatic N) is 3. The summed E-state index contributed by atoms with van der Waals surface area (Å²) in [7, 11) is 0. The zero-order chi connectivity index (χ0) is 15.6. The van der Waals surface area contributed by atoms with Crippen molar-refractivity contribution >= 4 is 5.82 Å². The Hall–Kier alpha value is -1.98. The summed E-state index contributed by atoms with van der Waals surface area (Å²) in [5.74, 6) is 1.24. The van der Waals surface area contributed by atoms with Gasteiger partial charge in [0, 0.05) is 19.3 Å². The molecule has 0 saturated carbocycles. The molecule has 116 valence electrons. The van der Waals surface area contributed by atoms with Crippen LogP contribution in [0.3, 0.4) is 0 Å². The second-order valence-electron chi connectivity index (χ2n) is 5.83. The van der Waals surface area contributed by atoms with Gasteiger partial charge in [-0.15, -0.1) is 0 Å². The number of aliphatic hydroxyl groups is 2. The van der Waals surface area contributed by atoms with Crippen LogP contribution < -0.4 is 4.90 Å². The quantitative estimate of drug-likeness (QED) is 0.907. The predicted octanol–water partition coefficient (Wildman–Crippen LogP) is 2.02. The fourth-order valence-electron chi connectivity index (χ4n) is 2.88. The van der Waals surface area contributed by atoms with Crippen molar-refractivity contribution in [1.29, 1.82) is 0 Å². The summed E-state index contributed by atoms with van der Waals surface area (Å²) in [4.78, 5) is 10.6. The van der Waals surface area contributed by atoms with E-state index < -0.39 is 11.7 Å². The summed E-state index contributed by atoms with van der Waals surface area (Å²) < 4.78 is 0. The molecular formula is C17H21N3O2. The van der Waals surface area contributed by atoms with E-state index in [2.05, 4.69) is 14.9 Å². The Morgan fingerprint density at radius 3 is 2.45 bits per heavy atom. The maximum absolute atomic E-state index is 10.9. The van der Waals surface area contributed by atoms with Crippen molar-refractivity contribution in [1.82, 2.24) is 9.97 Å². The van der Waals surface area contributed by atoms with Gasteiger partial charge in [-0.1, -0.05) is 30.3 Å². The van der Waals surface area contributed by atoms with E-state index in [-0.39, 0.29) is 0 Å². The average molecular weight is 299 g/mol. The van der Waals surface area contributed by atoms with Crippen molar-refractivity contribution in [2.45, 2.75) is 31.5 Å². The molecule has 2 heterocycles. The molecule has 3 rings (SSSR count). The molecule has 1 aliphatic heterocycles. The fraction of sp³-hybridized carbons (Fsp3) is 0.412. The first kappa shape index (κ1) is 14.9. The third kappa shape index (κ3) is 2.96. The molecule has 0 radical (unpaired) electrons. The Kier molecular flexibility index (Phi) is 4.09. The van der Waals surface area contributed by atoms with Gasteiger partial charge in [-0.3, -0.25) is 0 Å². The molecule has 1 aliphatic rings. The minimum atomic E-state index is -0.766. The number of piperidine rings is 1. The van der Waals surface area contributed by atoms with Crippen molar-refractivity contribution in [2.24, 2.45) is 0 Å². The van der Waals surface area contributed by atoms with Gasteiger partial charge < -0.3 is 15.1 Å². The zero-order valence-corrected chi connectivity index (χ0v) is 12.7. The van der Waals surface area contributed by atoms with Crippen LogP contribution in [0.5, 0.6) is 0 Å². The third-order valence-electron chi connectivity index (χ3n) is 4.26. The summed E-state index contributed by atoms with van der Waals surface area (Å²) in [6.07, 6.45) is 2.31. The largest absolute Gasteiger partial charge is 0.385 e. The van der Waals surface area contributed by atoms with Gasteiger partial charge in [0.1, 0.15) is 11.9 Å². The topological polar surface area (TPSA) is 69.5 Å². The molecule has 2 aromatic rings. The molecule has 22 heavy (non-hydrogen) atoms. The van der Waals surface area contributed by atoms with Gasteiger partial charge in [-0.05, 0) is 31.4 Å². The molecule has 1 saturated heterocycles. The maximum atomic E-state index is 10.9. The second kappa shape index (κ2) is 6.02. The molecule has 0 amide bonds. The molecule has 0 aliphatic carbocycles. The van der Waals surface area contributed by atoms with Crippen LogP contribution in [0.1, 0.15) is 37.3 Å². The number of hydrogen-bond acceptors (Lipinski definition) is 5. The van der Waals surface area contributed by atoms with E-state index in [0.29, 0.717) is 18.7 Å². The lowest BCUT2D eigenvalue weighted by Gasteiger charge is -2.39. The van der Waals surface area contributed by atoms with Crippen molar-refractivity contribution < 1.29 is 10.2 Å². The maximum Gasteiger partial charge on any atom is 0.158 e. The fourth-order valence-corrected chi connectivity index (χ4v) is 2.88. The summed E-state index contributed by atoms with van der Waals surface area (Å²) >= 11 is 0. The highest BCUT2D eigenvalue weighted by Gasteiger charge is 2.34. The number of hydrogen-bond donors (Lipinski definition) is 2. The van der Waals surface area contributed by atoms with E-state index in [0.717, 1.165) is 24.5 Å². The smallest absolute Gasteiger partial charge is 0.158 e. The van der Waals surface area contributed by atoms with E-state index in [1.807, 2.05) is 36.4 Å². The minimum absolute atomic E-state index is 0.432. The molecule has 5 heteroatoms. The van der Waals surface area contributed by atoms with Gasteiger partial charge in [-0.2, -0.15) is 0 Å². The summed E-state index contributed by atoms with van der Waals surface area (Å²) in [6, 6.07) is 11.7. The van der Waals surface area contributed by atoms with Crippen LogP contribution in [-0.4, -0.2) is 33.3 Å². The van der Waals surface area contributed by atoms with Crippen LogP contribution in [0.2, 0.25) is 0 Å². The lowest BCUT2D eigenvalue weighted by molar-refractivity contribution is 0.0116. The van der Waals surface area contributed by atoms with E-state index >= 15 is 0 Å². The van der Waals surface area contributed by atoms with Crippen LogP contribution in [0, 0.1) is 0 Å². The molecule has 0 bridgehead atoms. The van der Waals surface area contributed by atoms with Crippen molar-refractivity contribution in [2.75, 3.05) is 18.0 Å². The number of anilines is 1. The minimum Gasteiger partial charge on any atom is -0.385 e. The van der Waals surface area contributed by atoms with Gasteiger partial charge in [0.15, 0.2) is 5.82 Å². The average Bonchev–Trinajstić information content (AvgIpc) is 2.56. The highest BCUT2D eigenvalue weighted by Crippen LogP contribution is 2.33. The summed E-state index contributed by atoms with van der Waals surface area (Å²) in [5.41, 5.74) is 0.208. The van der Waals surface area contributed by atoms with Crippen LogP contribution in [0.15, 0.2) is 42.6 Å².